The average molecular weight is 288 g/mol. The number of oxazole rings is 1. The fraction of sp³-hybridized carbons (Fsp3) is 0.188. The van der Waals surface area contributed by atoms with E-state index in [0.717, 1.165) is 5.56 Å². The molecule has 3 rings (SSSR count). The van der Waals surface area contributed by atoms with Crippen LogP contribution < -0.4 is 5.32 Å². The van der Waals surface area contributed by atoms with E-state index in [1.807, 2.05) is 13.8 Å². The van der Waals surface area contributed by atoms with Crippen LogP contribution >= 0.6 is 0 Å². The van der Waals surface area contributed by atoms with E-state index in [1.165, 1.54) is 12.1 Å². The molecule has 1 N–H and O–H groups in total. The van der Waals surface area contributed by atoms with Gasteiger partial charge in [0.1, 0.15) is 11.3 Å². The number of hydrogen-bond acceptors (Lipinski definition) is 3. The van der Waals surface area contributed by atoms with Gasteiger partial charge in [0.25, 0.3) is 6.01 Å². The summed E-state index contributed by atoms with van der Waals surface area (Å²) in [5.41, 5.74) is 2.50. The maximum absolute atomic E-state index is 14.1. The molecule has 0 aliphatic carbocycles. The lowest BCUT2D eigenvalue weighted by atomic mass is 10.1. The third-order valence-corrected chi connectivity index (χ3v) is 3.40. The summed E-state index contributed by atoms with van der Waals surface area (Å²) in [5.74, 6) is -0.759. The second-order valence-corrected chi connectivity index (χ2v) is 4.84. The molecular weight excluding hydrogens is 274 g/mol. The number of aromatic nitrogens is 1. The number of anilines is 2. The van der Waals surface area contributed by atoms with E-state index < -0.39 is 5.82 Å². The van der Waals surface area contributed by atoms with Gasteiger partial charge in [-0.05, 0) is 42.7 Å². The van der Waals surface area contributed by atoms with Crippen LogP contribution in [0.15, 0.2) is 34.7 Å². The molecule has 0 amide bonds. The topological polar surface area (TPSA) is 38.1 Å². The second-order valence-electron chi connectivity index (χ2n) is 4.84. The second kappa shape index (κ2) is 5.16. The minimum Gasteiger partial charge on any atom is -0.420 e. The summed E-state index contributed by atoms with van der Waals surface area (Å²) in [6, 6.07) is 7.92. The molecule has 0 spiro atoms. The van der Waals surface area contributed by atoms with Crippen molar-refractivity contribution in [3.05, 3.63) is 53.1 Å². The molecule has 108 valence electrons. The molecule has 3 nitrogen and oxygen atoms in total. The highest BCUT2D eigenvalue weighted by molar-refractivity contribution is 5.77. The predicted octanol–water partition coefficient (Wildman–Crippen LogP) is 4.72. The molecule has 1 aromatic heterocycles. The molecule has 2 aromatic carbocycles. The highest BCUT2D eigenvalue weighted by atomic mass is 19.1. The predicted molar refractivity (Wildman–Crippen MR) is 77.8 cm³/mol. The minimum atomic E-state index is -0.397. The van der Waals surface area contributed by atoms with E-state index in [9.17, 15) is 8.78 Å². The van der Waals surface area contributed by atoms with Crippen molar-refractivity contribution < 1.29 is 13.2 Å². The molecule has 0 radical (unpaired) electrons. The molecule has 0 saturated heterocycles. The number of hydrogen-bond donors (Lipinski definition) is 1. The van der Waals surface area contributed by atoms with Crippen molar-refractivity contribution in [3.8, 4) is 0 Å². The van der Waals surface area contributed by atoms with E-state index in [1.54, 1.807) is 18.2 Å². The Labute approximate surface area is 120 Å². The number of nitrogens with one attached hydrogen (secondary N) is 1. The lowest BCUT2D eigenvalue weighted by Crippen LogP contribution is -1.93. The van der Waals surface area contributed by atoms with E-state index in [2.05, 4.69) is 10.3 Å². The van der Waals surface area contributed by atoms with Crippen LogP contribution in [0.3, 0.4) is 0 Å². The Kier molecular flexibility index (Phi) is 3.33. The lowest BCUT2D eigenvalue weighted by molar-refractivity contribution is 0.558. The molecule has 0 fully saturated rings. The number of halogens is 2. The van der Waals surface area contributed by atoms with Gasteiger partial charge < -0.3 is 9.73 Å². The standard InChI is InChI=1S/C16H14F2N2O/c1-3-10-5-7-12-15(14(10)18)21-16(19-12)20-13-8-11(17)6-4-9(13)2/h4-8H,3H2,1-2H3,(H,19,20). The van der Waals surface area contributed by atoms with Crippen molar-refractivity contribution in [2.75, 3.05) is 5.32 Å². The van der Waals surface area contributed by atoms with Gasteiger partial charge >= 0.3 is 0 Å². The van der Waals surface area contributed by atoms with Gasteiger partial charge in [-0.1, -0.05) is 19.1 Å². The zero-order valence-corrected chi connectivity index (χ0v) is 11.7. The van der Waals surface area contributed by atoms with Gasteiger partial charge in [0.05, 0.1) is 0 Å². The summed E-state index contributed by atoms with van der Waals surface area (Å²) < 4.78 is 32.8. The Bertz CT molecular complexity index is 811. The Hall–Kier alpha value is -2.43. The van der Waals surface area contributed by atoms with Crippen LogP contribution in [0.4, 0.5) is 20.5 Å². The van der Waals surface area contributed by atoms with Crippen molar-refractivity contribution in [2.45, 2.75) is 20.3 Å². The number of fused-ring (bicyclic) bond motifs is 1. The van der Waals surface area contributed by atoms with Crippen LogP contribution in [-0.2, 0) is 6.42 Å². The maximum Gasteiger partial charge on any atom is 0.300 e. The summed E-state index contributed by atoms with van der Waals surface area (Å²) in [4.78, 5) is 4.17. The minimum absolute atomic E-state index is 0.117. The Balaban J connectivity index is 2.02. The van der Waals surface area contributed by atoms with Crippen LogP contribution in [-0.4, -0.2) is 4.98 Å². The van der Waals surface area contributed by atoms with Crippen LogP contribution in [0.25, 0.3) is 11.1 Å². The van der Waals surface area contributed by atoms with Crippen molar-refractivity contribution in [3.63, 3.8) is 0 Å². The van der Waals surface area contributed by atoms with Gasteiger partial charge in [-0.3, -0.25) is 0 Å². The molecule has 0 aliphatic heterocycles. The Morgan fingerprint density at radius 3 is 2.76 bits per heavy atom. The third-order valence-electron chi connectivity index (χ3n) is 3.40. The van der Waals surface area contributed by atoms with Crippen molar-refractivity contribution in [1.82, 2.24) is 4.98 Å². The van der Waals surface area contributed by atoms with E-state index >= 15 is 0 Å². The first-order valence-corrected chi connectivity index (χ1v) is 6.69. The largest absolute Gasteiger partial charge is 0.420 e. The van der Waals surface area contributed by atoms with E-state index in [0.29, 0.717) is 23.2 Å². The van der Waals surface area contributed by atoms with Gasteiger partial charge in [0, 0.05) is 5.69 Å². The molecule has 0 unspecified atom stereocenters. The highest BCUT2D eigenvalue weighted by Gasteiger charge is 2.14. The van der Waals surface area contributed by atoms with Gasteiger partial charge in [0.15, 0.2) is 11.4 Å². The summed E-state index contributed by atoms with van der Waals surface area (Å²) >= 11 is 0. The summed E-state index contributed by atoms with van der Waals surface area (Å²) in [5, 5.41) is 2.88. The van der Waals surface area contributed by atoms with Crippen LogP contribution in [0.1, 0.15) is 18.1 Å². The molecule has 3 aromatic rings. The Morgan fingerprint density at radius 1 is 1.19 bits per heavy atom. The number of nitrogens with zero attached hydrogens (tertiary/aromatic N) is 1. The zero-order chi connectivity index (χ0) is 15.0. The monoisotopic (exact) mass is 288 g/mol. The van der Waals surface area contributed by atoms with Crippen LogP contribution in [0.5, 0.6) is 0 Å². The summed E-state index contributed by atoms with van der Waals surface area (Å²) in [7, 11) is 0. The summed E-state index contributed by atoms with van der Waals surface area (Å²) in [6.07, 6.45) is 0.578. The smallest absolute Gasteiger partial charge is 0.300 e. The highest BCUT2D eigenvalue weighted by Crippen LogP contribution is 2.27. The fourth-order valence-electron chi connectivity index (χ4n) is 2.17. The molecule has 21 heavy (non-hydrogen) atoms. The number of aryl methyl sites for hydroxylation is 2. The average Bonchev–Trinajstić information content (AvgIpc) is 2.87. The van der Waals surface area contributed by atoms with Crippen LogP contribution in [0, 0.1) is 18.6 Å². The van der Waals surface area contributed by atoms with Crippen molar-refractivity contribution in [1.29, 1.82) is 0 Å². The fourth-order valence-corrected chi connectivity index (χ4v) is 2.17. The quantitative estimate of drug-likeness (QED) is 0.757. The molecule has 0 aliphatic rings. The van der Waals surface area contributed by atoms with E-state index in [4.69, 9.17) is 4.42 Å². The Morgan fingerprint density at radius 2 is 2.00 bits per heavy atom. The first kappa shape index (κ1) is 13.5. The lowest BCUT2D eigenvalue weighted by Gasteiger charge is -2.05. The molecular formula is C16H14F2N2O. The number of rotatable bonds is 3. The first-order chi connectivity index (χ1) is 10.1. The molecule has 0 atom stereocenters. The van der Waals surface area contributed by atoms with Gasteiger partial charge in [-0.15, -0.1) is 0 Å². The zero-order valence-electron chi connectivity index (χ0n) is 11.7. The molecule has 0 saturated carbocycles. The van der Waals surface area contributed by atoms with E-state index in [-0.39, 0.29) is 17.4 Å². The summed E-state index contributed by atoms with van der Waals surface area (Å²) in [6.45, 7) is 3.70. The normalized spacial score (nSPS) is 11.0. The molecule has 1 heterocycles. The SMILES string of the molecule is CCc1ccc2nc(Nc3cc(F)ccc3C)oc2c1F. The molecule has 5 heteroatoms. The maximum atomic E-state index is 14.1. The van der Waals surface area contributed by atoms with Gasteiger partial charge in [-0.2, -0.15) is 4.98 Å². The third kappa shape index (κ3) is 2.46. The first-order valence-electron chi connectivity index (χ1n) is 6.69. The van der Waals surface area contributed by atoms with Crippen molar-refractivity contribution >= 4 is 22.8 Å². The van der Waals surface area contributed by atoms with Crippen LogP contribution in [0.2, 0.25) is 0 Å². The van der Waals surface area contributed by atoms with Gasteiger partial charge in [-0.25, -0.2) is 8.78 Å². The number of benzene rings is 2. The van der Waals surface area contributed by atoms with Gasteiger partial charge in [0.2, 0.25) is 0 Å². The molecule has 0 bridgehead atoms. The van der Waals surface area contributed by atoms with Crippen molar-refractivity contribution in [2.24, 2.45) is 0 Å².